The highest BCUT2D eigenvalue weighted by Gasteiger charge is 2.21. The summed E-state index contributed by atoms with van der Waals surface area (Å²) in [6.07, 6.45) is 0. The summed E-state index contributed by atoms with van der Waals surface area (Å²) >= 11 is 8.99. The van der Waals surface area contributed by atoms with E-state index in [0.717, 1.165) is 0 Å². The first-order valence-electron chi connectivity index (χ1n) is 5.00. The third-order valence-corrected chi connectivity index (χ3v) is 2.92. The van der Waals surface area contributed by atoms with Gasteiger partial charge in [0, 0.05) is 10.9 Å². The summed E-state index contributed by atoms with van der Waals surface area (Å²) < 4.78 is 33.6. The Morgan fingerprint density at radius 3 is 2.67 bits per heavy atom. The number of rotatable bonds is 5. The van der Waals surface area contributed by atoms with E-state index >= 15 is 0 Å². The van der Waals surface area contributed by atoms with Crippen LogP contribution in [0, 0.1) is 0 Å². The van der Waals surface area contributed by atoms with Crippen LogP contribution in [0.15, 0.2) is 12.1 Å². The van der Waals surface area contributed by atoms with E-state index in [4.69, 9.17) is 16.3 Å². The average molecular weight is 344 g/mol. The number of ether oxygens (including phenoxy) is 2. The zero-order chi connectivity index (χ0) is 13.7. The number of alkyl halides is 3. The van der Waals surface area contributed by atoms with Crippen molar-refractivity contribution in [2.75, 3.05) is 6.61 Å². The molecule has 0 bridgehead atoms. The summed E-state index contributed by atoms with van der Waals surface area (Å²) in [5.41, 5.74) is 0.273. The van der Waals surface area contributed by atoms with Crippen LogP contribution in [0.4, 0.5) is 8.78 Å². The molecule has 0 aliphatic carbocycles. The largest absolute Gasteiger partial charge is 0.462 e. The summed E-state index contributed by atoms with van der Waals surface area (Å²) in [5, 5.41) is 0.272. The Bertz CT molecular complexity index is 441. The lowest BCUT2D eigenvalue weighted by molar-refractivity contribution is -0.0504. The molecule has 0 saturated carbocycles. The van der Waals surface area contributed by atoms with Crippen molar-refractivity contribution in [2.24, 2.45) is 0 Å². The number of hydrogen-bond acceptors (Lipinski definition) is 3. The topological polar surface area (TPSA) is 35.5 Å². The van der Waals surface area contributed by atoms with Crippen molar-refractivity contribution in [3.05, 3.63) is 28.3 Å². The fourth-order valence-electron chi connectivity index (χ4n) is 1.36. The van der Waals surface area contributed by atoms with E-state index in [2.05, 4.69) is 20.7 Å². The molecule has 1 aromatic rings. The van der Waals surface area contributed by atoms with Crippen LogP contribution in [-0.2, 0) is 10.1 Å². The summed E-state index contributed by atoms with van der Waals surface area (Å²) in [6, 6.07) is 2.60. The maximum absolute atomic E-state index is 12.2. The number of carbonyl (C=O) groups is 1. The molecule has 100 valence electrons. The molecular weight excluding hydrogens is 333 g/mol. The Hall–Kier alpha value is -0.880. The first kappa shape index (κ1) is 15.2. The molecular formula is C11H10BrClF2O3. The number of halogens is 4. The zero-order valence-electron chi connectivity index (χ0n) is 9.38. The normalized spacial score (nSPS) is 10.6. The molecule has 0 aromatic heterocycles. The fraction of sp³-hybridized carbons (Fsp3) is 0.364. The first-order valence-corrected chi connectivity index (χ1v) is 6.50. The zero-order valence-corrected chi connectivity index (χ0v) is 11.7. The van der Waals surface area contributed by atoms with Gasteiger partial charge in [0.25, 0.3) is 0 Å². The van der Waals surface area contributed by atoms with Gasteiger partial charge in [-0.1, -0.05) is 27.5 Å². The van der Waals surface area contributed by atoms with Crippen molar-refractivity contribution in [3.63, 3.8) is 0 Å². The highest BCUT2D eigenvalue weighted by atomic mass is 79.9. The second kappa shape index (κ2) is 6.89. The lowest BCUT2D eigenvalue weighted by atomic mass is 10.1. The van der Waals surface area contributed by atoms with Crippen molar-refractivity contribution in [2.45, 2.75) is 18.9 Å². The van der Waals surface area contributed by atoms with Crippen LogP contribution in [0.3, 0.4) is 0 Å². The van der Waals surface area contributed by atoms with Gasteiger partial charge in [-0.2, -0.15) is 8.78 Å². The van der Waals surface area contributed by atoms with Crippen LogP contribution in [0.25, 0.3) is 0 Å². The molecule has 0 fully saturated rings. The number of benzene rings is 1. The molecule has 0 saturated heterocycles. The Balaban J connectivity index is 3.25. The lowest BCUT2D eigenvalue weighted by Crippen LogP contribution is -2.11. The SMILES string of the molecule is CCOC(=O)c1c(Cl)ccc(OC(F)F)c1CBr. The molecule has 0 aliphatic rings. The summed E-state index contributed by atoms with van der Waals surface area (Å²) in [7, 11) is 0. The monoisotopic (exact) mass is 342 g/mol. The first-order chi connectivity index (χ1) is 8.51. The summed E-state index contributed by atoms with van der Waals surface area (Å²) in [4.78, 5) is 11.7. The number of carbonyl (C=O) groups excluding carboxylic acids is 1. The van der Waals surface area contributed by atoms with Gasteiger partial charge in [0.1, 0.15) is 5.75 Å². The molecule has 18 heavy (non-hydrogen) atoms. The lowest BCUT2D eigenvalue weighted by Gasteiger charge is -2.14. The smallest absolute Gasteiger partial charge is 0.387 e. The van der Waals surface area contributed by atoms with E-state index in [0.29, 0.717) is 0 Å². The molecule has 3 nitrogen and oxygen atoms in total. The van der Waals surface area contributed by atoms with E-state index in [1.807, 2.05) is 0 Å². The van der Waals surface area contributed by atoms with Crippen molar-refractivity contribution < 1.29 is 23.0 Å². The second-order valence-electron chi connectivity index (χ2n) is 3.13. The summed E-state index contributed by atoms with van der Waals surface area (Å²) in [6.45, 7) is -1.17. The van der Waals surface area contributed by atoms with E-state index in [9.17, 15) is 13.6 Å². The van der Waals surface area contributed by atoms with Gasteiger partial charge in [-0.25, -0.2) is 4.79 Å². The molecule has 0 unspecified atom stereocenters. The second-order valence-corrected chi connectivity index (χ2v) is 4.10. The van der Waals surface area contributed by atoms with Gasteiger partial charge in [-0.15, -0.1) is 0 Å². The minimum atomic E-state index is -2.97. The third-order valence-electron chi connectivity index (χ3n) is 2.05. The van der Waals surface area contributed by atoms with Gasteiger partial charge in [0.2, 0.25) is 0 Å². The van der Waals surface area contributed by atoms with Crippen LogP contribution in [0.2, 0.25) is 5.02 Å². The Morgan fingerprint density at radius 1 is 1.50 bits per heavy atom. The van der Waals surface area contributed by atoms with Gasteiger partial charge in [0.05, 0.1) is 17.2 Å². The highest BCUT2D eigenvalue weighted by molar-refractivity contribution is 9.08. The van der Waals surface area contributed by atoms with Gasteiger partial charge in [-0.3, -0.25) is 0 Å². The minimum Gasteiger partial charge on any atom is -0.462 e. The quantitative estimate of drug-likeness (QED) is 0.598. The molecule has 0 atom stereocenters. The van der Waals surface area contributed by atoms with Crippen molar-refractivity contribution >= 4 is 33.5 Å². The molecule has 0 N–H and O–H groups in total. The van der Waals surface area contributed by atoms with Crippen LogP contribution in [0.5, 0.6) is 5.75 Å². The molecule has 0 heterocycles. The maximum atomic E-state index is 12.2. The van der Waals surface area contributed by atoms with Crippen molar-refractivity contribution in [3.8, 4) is 5.75 Å². The Labute approximate surface area is 116 Å². The van der Waals surface area contributed by atoms with Gasteiger partial charge in [-0.05, 0) is 19.1 Å². The van der Waals surface area contributed by atoms with Gasteiger partial charge >= 0.3 is 12.6 Å². The van der Waals surface area contributed by atoms with Crippen molar-refractivity contribution in [1.82, 2.24) is 0 Å². The average Bonchev–Trinajstić information content (AvgIpc) is 2.30. The van der Waals surface area contributed by atoms with Gasteiger partial charge < -0.3 is 9.47 Å². The Kier molecular flexibility index (Phi) is 5.81. The van der Waals surface area contributed by atoms with E-state index in [1.54, 1.807) is 6.92 Å². The molecule has 0 aliphatic heterocycles. The van der Waals surface area contributed by atoms with Crippen LogP contribution in [-0.4, -0.2) is 19.2 Å². The molecule has 0 radical (unpaired) electrons. The Morgan fingerprint density at radius 2 is 2.17 bits per heavy atom. The van der Waals surface area contributed by atoms with Crippen LogP contribution in [0.1, 0.15) is 22.8 Å². The van der Waals surface area contributed by atoms with Crippen molar-refractivity contribution in [1.29, 1.82) is 0 Å². The number of hydrogen-bond donors (Lipinski definition) is 0. The fourth-order valence-corrected chi connectivity index (χ4v) is 2.17. The number of esters is 1. The van der Waals surface area contributed by atoms with E-state index in [-0.39, 0.29) is 33.8 Å². The standard InChI is InChI=1S/C11H10BrClF2O3/c1-2-17-10(16)9-6(5-12)8(18-11(14)15)4-3-7(9)13/h3-4,11H,2,5H2,1H3. The molecule has 7 heteroatoms. The van der Waals surface area contributed by atoms with E-state index in [1.165, 1.54) is 12.1 Å². The summed E-state index contributed by atoms with van der Waals surface area (Å²) in [5.74, 6) is -0.772. The van der Waals surface area contributed by atoms with Gasteiger partial charge in [0.15, 0.2) is 0 Å². The molecule has 1 aromatic carbocycles. The maximum Gasteiger partial charge on any atom is 0.387 e. The van der Waals surface area contributed by atoms with Crippen LogP contribution >= 0.6 is 27.5 Å². The molecule has 1 rings (SSSR count). The molecule has 0 amide bonds. The predicted molar refractivity (Wildman–Crippen MR) is 66.7 cm³/mol. The minimum absolute atomic E-state index is 0.0357. The molecule has 0 spiro atoms. The van der Waals surface area contributed by atoms with Crippen LogP contribution < -0.4 is 4.74 Å². The van der Waals surface area contributed by atoms with E-state index < -0.39 is 12.6 Å². The highest BCUT2D eigenvalue weighted by Crippen LogP contribution is 2.32. The third kappa shape index (κ3) is 3.55. The predicted octanol–water partition coefficient (Wildman–Crippen LogP) is 4.01.